The lowest BCUT2D eigenvalue weighted by molar-refractivity contribution is -0.414. The van der Waals surface area contributed by atoms with E-state index in [1.54, 1.807) is 12.1 Å². The topological polar surface area (TPSA) is 87.0 Å². The van der Waals surface area contributed by atoms with Crippen LogP contribution >= 0.6 is 0 Å². The Morgan fingerprint density at radius 1 is 1.38 bits per heavy atom. The van der Waals surface area contributed by atoms with Gasteiger partial charge in [0.05, 0.1) is 0 Å². The van der Waals surface area contributed by atoms with Crippen LogP contribution in [0.3, 0.4) is 0 Å². The maximum Gasteiger partial charge on any atom is 0.336 e. The first-order chi connectivity index (χ1) is 9.92. The minimum absolute atomic E-state index is 0.126. The van der Waals surface area contributed by atoms with Gasteiger partial charge in [-0.3, -0.25) is 4.79 Å². The van der Waals surface area contributed by atoms with Crippen LogP contribution in [0.4, 0.5) is 5.69 Å². The molecule has 2 aromatic rings. The molecular weight excluding hydrogens is 268 g/mol. The number of aryl methyl sites for hydroxylation is 1. The highest BCUT2D eigenvalue weighted by Crippen LogP contribution is 2.21. The Morgan fingerprint density at radius 2 is 2.10 bits per heavy atom. The summed E-state index contributed by atoms with van der Waals surface area (Å²) in [5.74, 6) is 0.0873. The van der Waals surface area contributed by atoms with Crippen molar-refractivity contribution < 1.29 is 14.9 Å². The fourth-order valence-corrected chi connectivity index (χ4v) is 2.18. The number of benzene rings is 1. The largest absolute Gasteiger partial charge is 0.423 e. The number of amides is 1. The van der Waals surface area contributed by atoms with Crippen molar-refractivity contribution in [2.45, 2.75) is 33.2 Å². The number of carbonyl (C=O) groups is 1. The van der Waals surface area contributed by atoms with E-state index >= 15 is 0 Å². The maximum atomic E-state index is 12.1. The van der Waals surface area contributed by atoms with E-state index in [4.69, 9.17) is 4.42 Å². The van der Waals surface area contributed by atoms with Crippen LogP contribution in [0.2, 0.25) is 0 Å². The Morgan fingerprint density at radius 3 is 2.76 bits per heavy atom. The number of anilines is 1. The summed E-state index contributed by atoms with van der Waals surface area (Å²) in [5, 5.41) is 3.69. The van der Waals surface area contributed by atoms with Gasteiger partial charge in [-0.25, -0.2) is 4.79 Å². The molecule has 0 aliphatic carbocycles. The molecule has 0 aliphatic rings. The zero-order valence-corrected chi connectivity index (χ0v) is 12.6. The Kier molecular flexibility index (Phi) is 4.43. The third-order valence-corrected chi connectivity index (χ3v) is 3.89. The van der Waals surface area contributed by atoms with Crippen LogP contribution in [0.5, 0.6) is 0 Å². The van der Waals surface area contributed by atoms with Gasteiger partial charge in [-0.05, 0) is 31.0 Å². The van der Waals surface area contributed by atoms with Crippen LogP contribution in [0.25, 0.3) is 11.0 Å². The molecule has 0 fully saturated rings. The van der Waals surface area contributed by atoms with Gasteiger partial charge in [0.25, 0.3) is 5.91 Å². The van der Waals surface area contributed by atoms with Crippen molar-refractivity contribution in [3.8, 4) is 0 Å². The van der Waals surface area contributed by atoms with Crippen LogP contribution in [0.15, 0.2) is 33.5 Å². The predicted octanol–water partition coefficient (Wildman–Crippen LogP) is 1.70. The second-order valence-corrected chi connectivity index (χ2v) is 5.44. The number of quaternary nitrogens is 1. The van der Waals surface area contributed by atoms with E-state index in [0.29, 0.717) is 11.3 Å². The summed E-state index contributed by atoms with van der Waals surface area (Å²) in [6, 6.07) is 6.46. The fourth-order valence-electron chi connectivity index (χ4n) is 2.18. The first-order valence-electron chi connectivity index (χ1n) is 7.10. The van der Waals surface area contributed by atoms with Crippen LogP contribution < -0.4 is 16.7 Å². The molecule has 0 saturated carbocycles. The van der Waals surface area contributed by atoms with Gasteiger partial charge in [-0.15, -0.1) is 0 Å². The van der Waals surface area contributed by atoms with Crippen molar-refractivity contribution in [1.29, 1.82) is 0 Å². The molecule has 2 rings (SSSR count). The lowest BCUT2D eigenvalue weighted by atomic mass is 9.99. The average molecular weight is 289 g/mol. The molecular formula is C16H21N2O3+. The Bertz CT molecular complexity index is 721. The van der Waals surface area contributed by atoms with Crippen molar-refractivity contribution in [1.82, 2.24) is 0 Å². The first-order valence-corrected chi connectivity index (χ1v) is 7.10. The van der Waals surface area contributed by atoms with Gasteiger partial charge >= 0.3 is 5.63 Å². The zero-order valence-electron chi connectivity index (χ0n) is 12.6. The SMILES string of the molecule is CC[C@H](C)[C@H]([NH3+])C(=O)Nc1ccc2c(C)cc(=O)oc2c1. The highest BCUT2D eigenvalue weighted by molar-refractivity contribution is 5.96. The summed E-state index contributed by atoms with van der Waals surface area (Å²) < 4.78 is 5.17. The summed E-state index contributed by atoms with van der Waals surface area (Å²) in [5.41, 5.74) is 5.46. The molecule has 2 atom stereocenters. The number of hydrogen-bond acceptors (Lipinski definition) is 3. The minimum Gasteiger partial charge on any atom is -0.423 e. The lowest BCUT2D eigenvalue weighted by Crippen LogP contribution is -2.69. The third kappa shape index (κ3) is 3.31. The molecule has 0 unspecified atom stereocenters. The molecule has 5 nitrogen and oxygen atoms in total. The van der Waals surface area contributed by atoms with E-state index in [2.05, 4.69) is 11.1 Å². The van der Waals surface area contributed by atoms with E-state index in [1.165, 1.54) is 6.07 Å². The molecule has 4 N–H and O–H groups in total. The summed E-state index contributed by atoms with van der Waals surface area (Å²) in [6.45, 7) is 5.88. The van der Waals surface area contributed by atoms with Crippen LogP contribution in [0, 0.1) is 12.8 Å². The molecule has 0 bridgehead atoms. The number of carbonyl (C=O) groups excluding carboxylic acids is 1. The standard InChI is InChI=1S/C16H20N2O3/c1-4-9(2)15(17)16(20)18-11-5-6-12-10(3)7-14(19)21-13(12)8-11/h5-9,15H,4,17H2,1-3H3,(H,18,20)/p+1/t9-,15-/m0/s1. The van der Waals surface area contributed by atoms with Crippen molar-refractivity contribution in [3.05, 3.63) is 40.2 Å². The van der Waals surface area contributed by atoms with Crippen LogP contribution in [-0.2, 0) is 4.79 Å². The van der Waals surface area contributed by atoms with Gasteiger partial charge in [0.2, 0.25) is 0 Å². The highest BCUT2D eigenvalue weighted by atomic mass is 16.4. The Balaban J connectivity index is 2.28. The van der Waals surface area contributed by atoms with Crippen molar-refractivity contribution in [2.75, 3.05) is 5.32 Å². The first kappa shape index (κ1) is 15.3. The summed E-state index contributed by atoms with van der Waals surface area (Å²) in [6.07, 6.45) is 0.896. The Hall–Kier alpha value is -2.14. The van der Waals surface area contributed by atoms with Crippen molar-refractivity contribution in [3.63, 3.8) is 0 Å². The van der Waals surface area contributed by atoms with Crippen LogP contribution in [0.1, 0.15) is 25.8 Å². The lowest BCUT2D eigenvalue weighted by Gasteiger charge is -2.15. The van der Waals surface area contributed by atoms with Crippen molar-refractivity contribution in [2.24, 2.45) is 5.92 Å². The van der Waals surface area contributed by atoms with Gasteiger partial charge in [-0.2, -0.15) is 0 Å². The normalized spacial score (nSPS) is 13.9. The molecule has 1 amide bonds. The molecule has 0 saturated heterocycles. The molecule has 1 aromatic carbocycles. The Labute approximate surface area is 123 Å². The molecule has 0 radical (unpaired) electrons. The number of nitrogens with one attached hydrogen (secondary N) is 1. The summed E-state index contributed by atoms with van der Waals surface area (Å²) >= 11 is 0. The van der Waals surface area contributed by atoms with E-state index < -0.39 is 5.63 Å². The molecule has 5 heteroatoms. The second kappa shape index (κ2) is 6.10. The van der Waals surface area contributed by atoms with Gasteiger partial charge in [0.1, 0.15) is 5.58 Å². The monoisotopic (exact) mass is 289 g/mol. The molecule has 112 valence electrons. The number of fused-ring (bicyclic) bond motifs is 1. The summed E-state index contributed by atoms with van der Waals surface area (Å²) in [4.78, 5) is 23.5. The van der Waals surface area contributed by atoms with Crippen LogP contribution in [-0.4, -0.2) is 11.9 Å². The van der Waals surface area contributed by atoms with Gasteiger partial charge < -0.3 is 15.5 Å². The molecule has 0 aliphatic heterocycles. The van der Waals surface area contributed by atoms with Gasteiger partial charge in [0.15, 0.2) is 6.04 Å². The number of rotatable bonds is 4. The highest BCUT2D eigenvalue weighted by Gasteiger charge is 2.23. The predicted molar refractivity (Wildman–Crippen MR) is 82.0 cm³/mol. The average Bonchev–Trinajstić information content (AvgIpc) is 2.44. The third-order valence-electron chi connectivity index (χ3n) is 3.89. The fraction of sp³-hybridized carbons (Fsp3) is 0.375. The second-order valence-electron chi connectivity index (χ2n) is 5.44. The van der Waals surface area contributed by atoms with Gasteiger partial charge in [0, 0.05) is 29.1 Å². The molecule has 21 heavy (non-hydrogen) atoms. The van der Waals surface area contributed by atoms with E-state index in [-0.39, 0.29) is 17.9 Å². The quantitative estimate of drug-likeness (QED) is 0.840. The van der Waals surface area contributed by atoms with E-state index in [1.807, 2.05) is 26.8 Å². The van der Waals surface area contributed by atoms with E-state index in [9.17, 15) is 9.59 Å². The molecule has 1 aromatic heterocycles. The molecule has 1 heterocycles. The summed E-state index contributed by atoms with van der Waals surface area (Å²) in [7, 11) is 0. The molecule has 0 spiro atoms. The number of hydrogen-bond donors (Lipinski definition) is 2. The van der Waals surface area contributed by atoms with E-state index in [0.717, 1.165) is 17.4 Å². The smallest absolute Gasteiger partial charge is 0.336 e. The van der Waals surface area contributed by atoms with Crippen molar-refractivity contribution >= 4 is 22.6 Å². The maximum absolute atomic E-state index is 12.1. The van der Waals surface area contributed by atoms with Gasteiger partial charge in [-0.1, -0.05) is 13.8 Å². The zero-order chi connectivity index (χ0) is 15.6. The minimum atomic E-state index is -0.391.